The number of ether oxygens (including phenoxy) is 1. The number of H-pyrrole nitrogens is 1. The summed E-state index contributed by atoms with van der Waals surface area (Å²) in [5, 5.41) is 0.542. The Bertz CT molecular complexity index is 1230. The lowest BCUT2D eigenvalue weighted by molar-refractivity contribution is -0.125. The van der Waals surface area contributed by atoms with Gasteiger partial charge in [0.15, 0.2) is 0 Å². The van der Waals surface area contributed by atoms with Crippen molar-refractivity contribution in [3.8, 4) is 11.1 Å². The van der Waals surface area contributed by atoms with Gasteiger partial charge in [0.05, 0.1) is 24.1 Å². The summed E-state index contributed by atoms with van der Waals surface area (Å²) in [5.41, 5.74) is 3.10. The van der Waals surface area contributed by atoms with Crippen molar-refractivity contribution >= 4 is 22.6 Å². The number of carbonyl (C=O) groups excluding carboxylic acids is 1. The van der Waals surface area contributed by atoms with Crippen LogP contribution in [0.4, 0.5) is 5.82 Å². The van der Waals surface area contributed by atoms with Crippen LogP contribution in [-0.2, 0) is 9.53 Å². The molecular weight excluding hydrogens is 406 g/mol. The maximum atomic E-state index is 13.0. The predicted octanol–water partition coefficient (Wildman–Crippen LogP) is 2.32. The van der Waals surface area contributed by atoms with Gasteiger partial charge in [0.2, 0.25) is 5.91 Å². The lowest BCUT2D eigenvalue weighted by Gasteiger charge is -2.29. The molecule has 164 valence electrons. The first-order valence-electron chi connectivity index (χ1n) is 10.9. The van der Waals surface area contributed by atoms with Gasteiger partial charge in [-0.1, -0.05) is 6.58 Å². The maximum Gasteiger partial charge on any atom is 0.257 e. The van der Waals surface area contributed by atoms with E-state index in [1.54, 1.807) is 17.3 Å². The number of aromatic nitrogens is 3. The second-order valence-electron chi connectivity index (χ2n) is 8.16. The summed E-state index contributed by atoms with van der Waals surface area (Å²) >= 11 is 0. The number of nitrogens with zero attached hydrogens (tertiary/aromatic N) is 4. The fourth-order valence-corrected chi connectivity index (χ4v) is 4.51. The Morgan fingerprint density at radius 1 is 1.22 bits per heavy atom. The summed E-state index contributed by atoms with van der Waals surface area (Å²) in [4.78, 5) is 41.1. The van der Waals surface area contributed by atoms with Crippen LogP contribution in [0, 0.1) is 0 Å². The SMILES string of the molecule is C=CC(=O)N1CCC(c2cc3ncc(-c4cccnc4N4CCOCC4)cc3c(=O)[nH]2)C1. The first kappa shape index (κ1) is 20.4. The quantitative estimate of drug-likeness (QED) is 0.638. The minimum absolute atomic E-state index is 0.0778. The maximum absolute atomic E-state index is 13.0. The molecule has 0 spiro atoms. The number of carbonyl (C=O) groups is 1. The van der Waals surface area contributed by atoms with E-state index in [-0.39, 0.29) is 17.4 Å². The Morgan fingerprint density at radius 2 is 2.06 bits per heavy atom. The third kappa shape index (κ3) is 3.78. The molecule has 0 saturated carbocycles. The monoisotopic (exact) mass is 431 g/mol. The zero-order valence-corrected chi connectivity index (χ0v) is 17.8. The van der Waals surface area contributed by atoms with Crippen LogP contribution in [0.15, 0.2) is 54.1 Å². The second-order valence-corrected chi connectivity index (χ2v) is 8.16. The van der Waals surface area contributed by atoms with Crippen LogP contribution in [0.5, 0.6) is 0 Å². The number of morpholine rings is 1. The molecule has 5 heterocycles. The van der Waals surface area contributed by atoms with Gasteiger partial charge in [0, 0.05) is 61.3 Å². The van der Waals surface area contributed by atoms with Gasteiger partial charge >= 0.3 is 0 Å². The molecule has 2 fully saturated rings. The molecular formula is C24H25N5O3. The largest absolute Gasteiger partial charge is 0.378 e. The van der Waals surface area contributed by atoms with Crippen molar-refractivity contribution in [3.05, 3.63) is 65.4 Å². The summed E-state index contributed by atoms with van der Waals surface area (Å²) in [6.07, 6.45) is 5.72. The van der Waals surface area contributed by atoms with Crippen molar-refractivity contribution in [3.63, 3.8) is 0 Å². The average Bonchev–Trinajstić information content (AvgIpc) is 3.34. The first-order chi connectivity index (χ1) is 15.6. The highest BCUT2D eigenvalue weighted by Gasteiger charge is 2.27. The van der Waals surface area contributed by atoms with Gasteiger partial charge in [-0.15, -0.1) is 0 Å². The van der Waals surface area contributed by atoms with Gasteiger partial charge in [0.1, 0.15) is 5.82 Å². The molecule has 3 aromatic rings. The standard InChI is InChI=1S/C24H25N5O3/c1-2-22(30)29-7-5-16(15-29)20-13-21-19(24(31)27-20)12-17(14-26-21)18-4-3-6-25-23(18)28-8-10-32-11-9-28/h2-4,6,12-14,16H,1,5,7-11,15H2,(H,27,31). The Labute approximate surface area is 185 Å². The molecule has 3 aromatic heterocycles. The number of pyridine rings is 3. The third-order valence-corrected chi connectivity index (χ3v) is 6.24. The van der Waals surface area contributed by atoms with Crippen LogP contribution in [0.25, 0.3) is 22.0 Å². The molecule has 5 rings (SSSR count). The lowest BCUT2D eigenvalue weighted by Crippen LogP contribution is -2.37. The number of rotatable bonds is 4. The summed E-state index contributed by atoms with van der Waals surface area (Å²) in [6, 6.07) is 7.72. The van der Waals surface area contributed by atoms with Gasteiger partial charge in [-0.2, -0.15) is 0 Å². The highest BCUT2D eigenvalue weighted by atomic mass is 16.5. The number of hydrogen-bond donors (Lipinski definition) is 1. The highest BCUT2D eigenvalue weighted by molar-refractivity contribution is 5.87. The summed E-state index contributed by atoms with van der Waals surface area (Å²) < 4.78 is 5.47. The van der Waals surface area contributed by atoms with E-state index in [1.807, 2.05) is 24.3 Å². The number of anilines is 1. The van der Waals surface area contributed by atoms with E-state index in [1.165, 1.54) is 6.08 Å². The van der Waals surface area contributed by atoms with E-state index in [2.05, 4.69) is 26.4 Å². The fraction of sp³-hybridized carbons (Fsp3) is 0.333. The molecule has 32 heavy (non-hydrogen) atoms. The molecule has 0 aromatic carbocycles. The van der Waals surface area contributed by atoms with Crippen molar-refractivity contribution in [2.24, 2.45) is 0 Å². The van der Waals surface area contributed by atoms with Crippen LogP contribution in [0.3, 0.4) is 0 Å². The minimum Gasteiger partial charge on any atom is -0.378 e. The Kier molecular flexibility index (Phi) is 5.45. The minimum atomic E-state index is -0.169. The molecule has 1 atom stereocenters. The summed E-state index contributed by atoms with van der Waals surface area (Å²) in [6.45, 7) is 7.69. The van der Waals surface area contributed by atoms with E-state index in [0.29, 0.717) is 37.2 Å². The Morgan fingerprint density at radius 3 is 2.88 bits per heavy atom. The van der Waals surface area contributed by atoms with Gasteiger partial charge in [-0.3, -0.25) is 14.6 Å². The molecule has 1 amide bonds. The second kappa shape index (κ2) is 8.55. The molecule has 2 saturated heterocycles. The Hall–Kier alpha value is -3.52. The molecule has 1 N–H and O–H groups in total. The van der Waals surface area contributed by atoms with Gasteiger partial charge in [-0.25, -0.2) is 4.98 Å². The molecule has 0 aliphatic carbocycles. The van der Waals surface area contributed by atoms with Gasteiger partial charge in [-0.05, 0) is 36.8 Å². The van der Waals surface area contributed by atoms with Crippen LogP contribution in [-0.4, -0.2) is 65.2 Å². The molecule has 8 heteroatoms. The predicted molar refractivity (Wildman–Crippen MR) is 123 cm³/mol. The topological polar surface area (TPSA) is 91.4 Å². The number of nitrogens with one attached hydrogen (secondary N) is 1. The van der Waals surface area contributed by atoms with Crippen molar-refractivity contribution in [2.75, 3.05) is 44.3 Å². The molecule has 0 radical (unpaired) electrons. The highest BCUT2D eigenvalue weighted by Crippen LogP contribution is 2.31. The molecule has 2 aliphatic heterocycles. The van der Waals surface area contributed by atoms with Crippen LogP contribution in [0.2, 0.25) is 0 Å². The van der Waals surface area contributed by atoms with E-state index < -0.39 is 0 Å². The van der Waals surface area contributed by atoms with Crippen molar-refractivity contribution in [2.45, 2.75) is 12.3 Å². The van der Waals surface area contributed by atoms with Crippen molar-refractivity contribution < 1.29 is 9.53 Å². The van der Waals surface area contributed by atoms with Crippen LogP contribution >= 0.6 is 0 Å². The first-order valence-corrected chi connectivity index (χ1v) is 10.9. The van der Waals surface area contributed by atoms with Crippen LogP contribution in [0.1, 0.15) is 18.0 Å². The smallest absolute Gasteiger partial charge is 0.257 e. The van der Waals surface area contributed by atoms with E-state index in [0.717, 1.165) is 42.1 Å². The zero-order chi connectivity index (χ0) is 22.1. The Balaban J connectivity index is 1.48. The summed E-state index contributed by atoms with van der Waals surface area (Å²) in [5.74, 6) is 0.887. The molecule has 2 aliphatic rings. The van der Waals surface area contributed by atoms with Gasteiger partial charge < -0.3 is 19.5 Å². The summed E-state index contributed by atoms with van der Waals surface area (Å²) in [7, 11) is 0. The lowest BCUT2D eigenvalue weighted by atomic mass is 10.0. The van der Waals surface area contributed by atoms with Crippen molar-refractivity contribution in [1.82, 2.24) is 19.9 Å². The average molecular weight is 431 g/mol. The fourth-order valence-electron chi connectivity index (χ4n) is 4.51. The molecule has 0 bridgehead atoms. The zero-order valence-electron chi connectivity index (χ0n) is 17.8. The van der Waals surface area contributed by atoms with Gasteiger partial charge in [0.25, 0.3) is 5.56 Å². The van der Waals surface area contributed by atoms with Crippen LogP contribution < -0.4 is 10.5 Å². The van der Waals surface area contributed by atoms with Crippen molar-refractivity contribution in [1.29, 1.82) is 0 Å². The number of likely N-dealkylation sites (tertiary alicyclic amines) is 1. The number of fused-ring (bicyclic) bond motifs is 1. The van der Waals surface area contributed by atoms with E-state index >= 15 is 0 Å². The van der Waals surface area contributed by atoms with E-state index in [4.69, 9.17) is 4.74 Å². The third-order valence-electron chi connectivity index (χ3n) is 6.24. The number of amides is 1. The number of hydrogen-bond acceptors (Lipinski definition) is 6. The molecule has 1 unspecified atom stereocenters. The normalized spacial score (nSPS) is 18.8. The van der Waals surface area contributed by atoms with E-state index in [9.17, 15) is 9.59 Å². The number of aromatic amines is 1. The molecule has 8 nitrogen and oxygen atoms in total.